The van der Waals surface area contributed by atoms with Crippen LogP contribution in [0, 0.1) is 12.8 Å². The molecule has 9 heteroatoms. The molecule has 8 nitrogen and oxygen atoms in total. The smallest absolute Gasteiger partial charge is 0.245 e. The number of sulfonamides is 1. The largest absolute Gasteiger partial charge is 0.456 e. The summed E-state index contributed by atoms with van der Waals surface area (Å²) in [5.41, 5.74) is 2.01. The third-order valence-electron chi connectivity index (χ3n) is 8.88. The van der Waals surface area contributed by atoms with E-state index in [0.717, 1.165) is 53.4 Å². The molecule has 0 radical (unpaired) electrons. The SMILES string of the molecule is Cc1ccc(Oc2ccccc2S(=O)(=O)NC(C)(Cc2c[nH]c3ccccc23)C(=O)NC(c2ccccn2)C2CCCCC2)cc1. The van der Waals surface area contributed by atoms with Crippen LogP contribution in [0.15, 0.2) is 108 Å². The number of hydrogen-bond donors (Lipinski definition) is 3. The molecule has 0 spiro atoms. The first-order valence-electron chi connectivity index (χ1n) is 15.9. The van der Waals surface area contributed by atoms with Gasteiger partial charge in [0.25, 0.3) is 0 Å². The number of rotatable bonds is 11. The zero-order valence-corrected chi connectivity index (χ0v) is 27.0. The first-order chi connectivity index (χ1) is 22.2. The van der Waals surface area contributed by atoms with Gasteiger partial charge in [0.05, 0.1) is 11.7 Å². The molecule has 1 saturated carbocycles. The van der Waals surface area contributed by atoms with Crippen molar-refractivity contribution in [1.29, 1.82) is 0 Å². The lowest BCUT2D eigenvalue weighted by molar-refractivity contribution is -0.127. The number of nitrogens with one attached hydrogen (secondary N) is 3. The Hall–Kier alpha value is -4.47. The Morgan fingerprint density at radius 1 is 0.957 bits per heavy atom. The van der Waals surface area contributed by atoms with Crippen molar-refractivity contribution < 1.29 is 17.9 Å². The number of aromatic amines is 1. The zero-order valence-electron chi connectivity index (χ0n) is 26.2. The number of H-pyrrole nitrogens is 1. The fraction of sp³-hybridized carbons (Fsp3) is 0.297. The summed E-state index contributed by atoms with van der Waals surface area (Å²) < 4.78 is 37.4. The second-order valence-electron chi connectivity index (χ2n) is 12.4. The Morgan fingerprint density at radius 2 is 1.67 bits per heavy atom. The van der Waals surface area contributed by atoms with E-state index >= 15 is 0 Å². The molecule has 3 aromatic carbocycles. The normalized spacial score (nSPS) is 16.0. The second kappa shape index (κ2) is 13.5. The molecule has 2 atom stereocenters. The summed E-state index contributed by atoms with van der Waals surface area (Å²) in [4.78, 5) is 22.4. The summed E-state index contributed by atoms with van der Waals surface area (Å²) >= 11 is 0. The molecular formula is C37H40N4O4S. The summed E-state index contributed by atoms with van der Waals surface area (Å²) in [5, 5.41) is 4.20. The average molecular weight is 637 g/mol. The number of fused-ring (bicyclic) bond motifs is 1. The van der Waals surface area contributed by atoms with Gasteiger partial charge in [0.2, 0.25) is 15.9 Å². The molecule has 46 heavy (non-hydrogen) atoms. The van der Waals surface area contributed by atoms with Gasteiger partial charge in [-0.05, 0) is 80.6 Å². The van der Waals surface area contributed by atoms with Crippen molar-refractivity contribution in [3.8, 4) is 11.5 Å². The van der Waals surface area contributed by atoms with Crippen molar-refractivity contribution in [2.75, 3.05) is 0 Å². The van der Waals surface area contributed by atoms with Crippen LogP contribution in [-0.4, -0.2) is 29.8 Å². The Kier molecular flexibility index (Phi) is 9.24. The number of para-hydroxylation sites is 2. The highest BCUT2D eigenvalue weighted by Gasteiger charge is 2.41. The first kappa shape index (κ1) is 31.5. The maximum Gasteiger partial charge on any atom is 0.245 e. The Balaban J connectivity index is 1.36. The van der Waals surface area contributed by atoms with Crippen LogP contribution in [0.25, 0.3) is 10.9 Å². The summed E-state index contributed by atoms with van der Waals surface area (Å²) in [6.45, 7) is 3.62. The van der Waals surface area contributed by atoms with Gasteiger partial charge in [-0.3, -0.25) is 9.78 Å². The van der Waals surface area contributed by atoms with Gasteiger partial charge in [0.15, 0.2) is 0 Å². The zero-order chi connectivity index (χ0) is 32.1. The summed E-state index contributed by atoms with van der Waals surface area (Å²) in [5.74, 6) is 0.463. The standard InChI is InChI=1S/C37H40N4O4S/c1-26-19-21-29(22-20-26)45-33-17-8-9-18-34(33)46(43,44)41-37(2,24-28-25-39-31-15-7-6-14-30(28)31)36(42)40-35(27-12-4-3-5-13-27)32-16-10-11-23-38-32/h6-11,14-23,25,27,35,39,41H,3-5,12-13,24H2,1-2H3,(H,40,42). The van der Waals surface area contributed by atoms with Crippen LogP contribution in [0.3, 0.4) is 0 Å². The summed E-state index contributed by atoms with van der Waals surface area (Å²) in [7, 11) is -4.27. The minimum Gasteiger partial charge on any atom is -0.456 e. The number of ether oxygens (including phenoxy) is 1. The molecule has 6 rings (SSSR count). The summed E-state index contributed by atoms with van der Waals surface area (Å²) in [6.07, 6.45) is 8.96. The fourth-order valence-electron chi connectivity index (χ4n) is 6.42. The van der Waals surface area contributed by atoms with Crippen molar-refractivity contribution in [3.63, 3.8) is 0 Å². The number of pyridine rings is 1. The van der Waals surface area contributed by atoms with Crippen molar-refractivity contribution >= 4 is 26.8 Å². The first-order valence-corrected chi connectivity index (χ1v) is 17.3. The van der Waals surface area contributed by atoms with Gasteiger partial charge in [0, 0.05) is 29.7 Å². The molecule has 5 aromatic rings. The van der Waals surface area contributed by atoms with E-state index in [-0.39, 0.29) is 29.0 Å². The highest BCUT2D eigenvalue weighted by molar-refractivity contribution is 7.89. The van der Waals surface area contributed by atoms with E-state index in [1.54, 1.807) is 43.5 Å². The number of carbonyl (C=O) groups is 1. The quantitative estimate of drug-likeness (QED) is 0.140. The molecule has 238 valence electrons. The topological polar surface area (TPSA) is 113 Å². The van der Waals surface area contributed by atoms with Crippen LogP contribution in [-0.2, 0) is 21.2 Å². The highest BCUT2D eigenvalue weighted by atomic mass is 32.2. The van der Waals surface area contributed by atoms with Gasteiger partial charge in [-0.25, -0.2) is 8.42 Å². The Labute approximate surface area is 270 Å². The predicted octanol–water partition coefficient (Wildman–Crippen LogP) is 7.38. The van der Waals surface area contributed by atoms with E-state index in [1.165, 1.54) is 12.5 Å². The number of aryl methyl sites for hydroxylation is 1. The number of benzene rings is 3. The number of nitrogens with zero attached hydrogens (tertiary/aromatic N) is 1. The lowest BCUT2D eigenvalue weighted by Gasteiger charge is -2.35. The molecule has 1 aliphatic carbocycles. The van der Waals surface area contributed by atoms with Crippen molar-refractivity contribution in [1.82, 2.24) is 20.0 Å². The van der Waals surface area contributed by atoms with Gasteiger partial charge in [0.1, 0.15) is 21.9 Å². The van der Waals surface area contributed by atoms with E-state index in [9.17, 15) is 13.2 Å². The van der Waals surface area contributed by atoms with Gasteiger partial charge in [-0.15, -0.1) is 0 Å². The van der Waals surface area contributed by atoms with Crippen LogP contribution in [0.5, 0.6) is 11.5 Å². The lowest BCUT2D eigenvalue weighted by Crippen LogP contribution is -2.59. The van der Waals surface area contributed by atoms with Gasteiger partial charge in [-0.2, -0.15) is 4.72 Å². The van der Waals surface area contributed by atoms with Crippen LogP contribution >= 0.6 is 0 Å². The molecule has 3 N–H and O–H groups in total. The van der Waals surface area contributed by atoms with Crippen molar-refractivity contribution in [2.45, 2.75) is 68.8 Å². The number of carbonyl (C=O) groups excluding carboxylic acids is 1. The molecule has 2 unspecified atom stereocenters. The van der Waals surface area contributed by atoms with E-state index in [0.29, 0.717) is 5.75 Å². The third-order valence-corrected chi connectivity index (χ3v) is 10.5. The fourth-order valence-corrected chi connectivity index (χ4v) is 7.92. The molecular weight excluding hydrogens is 596 g/mol. The van der Waals surface area contributed by atoms with Crippen molar-refractivity contribution in [3.05, 3.63) is 120 Å². The second-order valence-corrected chi connectivity index (χ2v) is 14.1. The lowest BCUT2D eigenvalue weighted by atomic mass is 9.82. The number of aromatic nitrogens is 2. The van der Waals surface area contributed by atoms with E-state index in [2.05, 4.69) is 20.0 Å². The van der Waals surface area contributed by atoms with Gasteiger partial charge in [-0.1, -0.05) is 73.4 Å². The monoisotopic (exact) mass is 636 g/mol. The van der Waals surface area contributed by atoms with E-state index in [4.69, 9.17) is 4.74 Å². The maximum absolute atomic E-state index is 14.6. The number of hydrogen-bond acceptors (Lipinski definition) is 5. The van der Waals surface area contributed by atoms with Crippen LogP contribution in [0.1, 0.15) is 61.9 Å². The summed E-state index contributed by atoms with van der Waals surface area (Å²) in [6, 6.07) is 27.0. The van der Waals surface area contributed by atoms with Gasteiger partial charge < -0.3 is 15.0 Å². The van der Waals surface area contributed by atoms with Crippen LogP contribution < -0.4 is 14.8 Å². The molecule has 2 heterocycles. The molecule has 0 saturated heterocycles. The molecule has 1 amide bonds. The molecule has 1 fully saturated rings. The van der Waals surface area contributed by atoms with Crippen LogP contribution in [0.2, 0.25) is 0 Å². The minimum absolute atomic E-state index is 0.0536. The average Bonchev–Trinajstić information content (AvgIpc) is 3.47. The molecule has 2 aromatic heterocycles. The molecule has 1 aliphatic rings. The molecule has 0 bridgehead atoms. The highest BCUT2D eigenvalue weighted by Crippen LogP contribution is 2.35. The minimum atomic E-state index is -4.27. The van der Waals surface area contributed by atoms with E-state index in [1.807, 2.05) is 67.7 Å². The van der Waals surface area contributed by atoms with Crippen LogP contribution in [0.4, 0.5) is 0 Å². The van der Waals surface area contributed by atoms with Crippen molar-refractivity contribution in [2.24, 2.45) is 5.92 Å². The predicted molar refractivity (Wildman–Crippen MR) is 180 cm³/mol. The Bertz CT molecular complexity index is 1900. The Morgan fingerprint density at radius 3 is 2.43 bits per heavy atom. The third kappa shape index (κ3) is 7.00. The maximum atomic E-state index is 14.6. The molecule has 0 aliphatic heterocycles. The number of amides is 1. The van der Waals surface area contributed by atoms with E-state index < -0.39 is 21.5 Å². The van der Waals surface area contributed by atoms with Gasteiger partial charge >= 0.3 is 0 Å².